The number of nitrogens with one attached hydrogen (secondary N) is 1. The smallest absolute Gasteiger partial charge is 0.256 e. The maximum Gasteiger partial charge on any atom is 0.256 e. The van der Waals surface area contributed by atoms with Crippen LogP contribution in [0.5, 0.6) is 0 Å². The second kappa shape index (κ2) is 8.19. The van der Waals surface area contributed by atoms with E-state index in [1.165, 1.54) is 0 Å². The minimum absolute atomic E-state index is 0.0269. The minimum atomic E-state index is -0.511. The molecule has 5 rings (SSSR count). The summed E-state index contributed by atoms with van der Waals surface area (Å²) in [4.78, 5) is 20.0. The molecule has 2 aliphatic heterocycles. The van der Waals surface area contributed by atoms with Crippen LogP contribution in [-0.4, -0.2) is 35.8 Å². The molecule has 2 aromatic rings. The topological polar surface area (TPSA) is 87.5 Å². The van der Waals surface area contributed by atoms with Gasteiger partial charge in [-0.1, -0.05) is 12.1 Å². The van der Waals surface area contributed by atoms with Crippen molar-refractivity contribution in [1.29, 1.82) is 5.26 Å². The molecule has 3 heterocycles. The predicted octanol–water partition coefficient (Wildman–Crippen LogP) is 4.20. The van der Waals surface area contributed by atoms with Gasteiger partial charge in [0.1, 0.15) is 11.9 Å². The van der Waals surface area contributed by atoms with Crippen molar-refractivity contribution in [2.24, 2.45) is 0 Å². The van der Waals surface area contributed by atoms with E-state index in [2.05, 4.69) is 16.4 Å². The van der Waals surface area contributed by atoms with Gasteiger partial charge in [0, 0.05) is 11.8 Å². The van der Waals surface area contributed by atoms with Crippen molar-refractivity contribution in [2.75, 3.05) is 16.8 Å². The maximum absolute atomic E-state index is 13.7. The summed E-state index contributed by atoms with van der Waals surface area (Å²) in [6.45, 7) is 4.84. The van der Waals surface area contributed by atoms with Crippen LogP contribution in [0.4, 0.5) is 17.2 Å². The summed E-state index contributed by atoms with van der Waals surface area (Å²) in [5.41, 5.74) is 3.06. The van der Waals surface area contributed by atoms with Crippen LogP contribution in [0.1, 0.15) is 50.7 Å². The van der Waals surface area contributed by atoms with Crippen molar-refractivity contribution < 1.29 is 14.3 Å². The number of hydrogen-bond donors (Lipinski definition) is 1. The lowest BCUT2D eigenvalue weighted by atomic mass is 9.96. The fourth-order valence-electron chi connectivity index (χ4n) is 4.60. The van der Waals surface area contributed by atoms with E-state index in [-0.39, 0.29) is 18.1 Å². The van der Waals surface area contributed by atoms with E-state index in [4.69, 9.17) is 9.47 Å². The quantitative estimate of drug-likeness (QED) is 0.779. The van der Waals surface area contributed by atoms with Crippen LogP contribution in [0.2, 0.25) is 0 Å². The molecule has 7 nitrogen and oxygen atoms in total. The number of nitriles is 1. The average Bonchev–Trinajstić information content (AvgIpc) is 3.61. The van der Waals surface area contributed by atoms with Crippen LogP contribution < -0.4 is 10.2 Å². The van der Waals surface area contributed by atoms with Gasteiger partial charge in [-0.15, -0.1) is 0 Å². The van der Waals surface area contributed by atoms with Crippen LogP contribution in [0, 0.1) is 11.3 Å². The maximum atomic E-state index is 13.7. The molecule has 0 bridgehead atoms. The number of carbonyl (C=O) groups excluding carboxylic acids is 1. The monoisotopic (exact) mass is 432 g/mol. The van der Waals surface area contributed by atoms with Gasteiger partial charge in [0.15, 0.2) is 0 Å². The van der Waals surface area contributed by atoms with E-state index in [0.29, 0.717) is 19.6 Å². The third kappa shape index (κ3) is 3.85. The second-order valence-corrected chi connectivity index (χ2v) is 9.19. The first-order valence-electron chi connectivity index (χ1n) is 11.3. The molecule has 166 valence electrons. The summed E-state index contributed by atoms with van der Waals surface area (Å²) in [5, 5.41) is 13.1. The SMILES string of the molecule is CC(C)O[C@H]1CC[C@H](C(=O)N2Cc3cccnc3Nc3ccc(C4(C#N)CC4)cc32)OC1. The van der Waals surface area contributed by atoms with Crippen LogP contribution >= 0.6 is 0 Å². The number of hydrogen-bond acceptors (Lipinski definition) is 6. The van der Waals surface area contributed by atoms with Crippen LogP contribution in [0.25, 0.3) is 0 Å². The molecule has 1 aromatic heterocycles. The summed E-state index contributed by atoms with van der Waals surface area (Å²) >= 11 is 0. The third-order valence-electron chi connectivity index (χ3n) is 6.52. The van der Waals surface area contributed by atoms with Crippen molar-refractivity contribution >= 4 is 23.1 Å². The lowest BCUT2D eigenvalue weighted by Crippen LogP contribution is -2.44. The van der Waals surface area contributed by atoms with Gasteiger partial charge in [0.2, 0.25) is 0 Å². The number of nitrogens with zero attached hydrogens (tertiary/aromatic N) is 3. The summed E-state index contributed by atoms with van der Waals surface area (Å²) < 4.78 is 11.8. The Morgan fingerprint density at radius 2 is 2.19 bits per heavy atom. The zero-order valence-corrected chi connectivity index (χ0v) is 18.5. The van der Waals surface area contributed by atoms with E-state index in [9.17, 15) is 10.1 Å². The largest absolute Gasteiger partial charge is 0.373 e. The highest BCUT2D eigenvalue weighted by molar-refractivity contribution is 6.01. The molecule has 0 spiro atoms. The zero-order valence-electron chi connectivity index (χ0n) is 18.5. The Hall–Kier alpha value is -2.95. The molecule has 1 aromatic carbocycles. The molecule has 1 saturated carbocycles. The van der Waals surface area contributed by atoms with Gasteiger partial charge >= 0.3 is 0 Å². The molecule has 1 N–H and O–H groups in total. The second-order valence-electron chi connectivity index (χ2n) is 9.19. The van der Waals surface area contributed by atoms with Crippen LogP contribution in [-0.2, 0) is 26.2 Å². The highest BCUT2D eigenvalue weighted by atomic mass is 16.5. The molecule has 0 radical (unpaired) electrons. The summed E-state index contributed by atoms with van der Waals surface area (Å²) in [7, 11) is 0. The number of aromatic nitrogens is 1. The number of rotatable bonds is 4. The van der Waals surface area contributed by atoms with Gasteiger partial charge in [-0.3, -0.25) is 4.79 Å². The normalized spacial score (nSPS) is 23.4. The lowest BCUT2D eigenvalue weighted by Gasteiger charge is -2.33. The van der Waals surface area contributed by atoms with Gasteiger partial charge < -0.3 is 19.7 Å². The Labute approximate surface area is 188 Å². The van der Waals surface area contributed by atoms with E-state index in [0.717, 1.165) is 47.6 Å². The lowest BCUT2D eigenvalue weighted by molar-refractivity contribution is -0.143. The molecule has 7 heteroatoms. The van der Waals surface area contributed by atoms with Gasteiger partial charge in [-0.05, 0) is 63.3 Å². The number of carbonyl (C=O) groups is 1. The first-order chi connectivity index (χ1) is 15.5. The van der Waals surface area contributed by atoms with E-state index in [1.54, 1.807) is 11.1 Å². The molecule has 1 amide bonds. The van der Waals surface area contributed by atoms with Crippen LogP contribution in [0.15, 0.2) is 36.5 Å². The van der Waals surface area contributed by atoms with Crippen molar-refractivity contribution in [1.82, 2.24) is 4.98 Å². The standard InChI is InChI=1S/C25H28N4O3/c1-16(2)32-19-6-8-22(31-14-19)24(30)29-13-17-4-3-11-27-23(17)28-20-7-5-18(12-21(20)29)25(15-26)9-10-25/h3-5,7,11-12,16,19,22H,6,8-10,13-14H2,1-2H3,(H,27,28)/t19-,22+/m0/s1. The number of ether oxygens (including phenoxy) is 2. The fraction of sp³-hybridized carbons (Fsp3) is 0.480. The van der Waals surface area contributed by atoms with Gasteiger partial charge in [0.25, 0.3) is 5.91 Å². The molecule has 3 aliphatic rings. The summed E-state index contributed by atoms with van der Waals surface area (Å²) in [6.07, 6.45) is 4.52. The predicted molar refractivity (Wildman–Crippen MR) is 121 cm³/mol. The molecule has 1 saturated heterocycles. The Morgan fingerprint density at radius 3 is 2.88 bits per heavy atom. The Balaban J connectivity index is 1.46. The summed E-state index contributed by atoms with van der Waals surface area (Å²) in [6, 6.07) is 12.3. The molecular formula is C25H28N4O3. The molecule has 2 atom stereocenters. The fourth-order valence-corrected chi connectivity index (χ4v) is 4.60. The highest BCUT2D eigenvalue weighted by Gasteiger charge is 2.45. The van der Waals surface area contributed by atoms with E-state index < -0.39 is 11.5 Å². The van der Waals surface area contributed by atoms with Crippen LogP contribution in [0.3, 0.4) is 0 Å². The number of amides is 1. The third-order valence-corrected chi connectivity index (χ3v) is 6.52. The van der Waals surface area contributed by atoms with Crippen molar-refractivity contribution in [2.45, 2.75) is 69.8 Å². The number of pyridine rings is 1. The van der Waals surface area contributed by atoms with Crippen molar-refractivity contribution in [3.63, 3.8) is 0 Å². The van der Waals surface area contributed by atoms with Crippen molar-refractivity contribution in [3.8, 4) is 6.07 Å². The zero-order chi connectivity index (χ0) is 22.3. The average molecular weight is 433 g/mol. The summed E-state index contributed by atoms with van der Waals surface area (Å²) in [5.74, 6) is 0.680. The molecular weight excluding hydrogens is 404 g/mol. The molecule has 1 aliphatic carbocycles. The van der Waals surface area contributed by atoms with E-state index >= 15 is 0 Å². The molecule has 0 unspecified atom stereocenters. The molecule has 32 heavy (non-hydrogen) atoms. The van der Waals surface area contributed by atoms with Gasteiger partial charge in [-0.25, -0.2) is 4.98 Å². The van der Waals surface area contributed by atoms with Gasteiger partial charge in [0.05, 0.1) is 48.2 Å². The first kappa shape index (κ1) is 20.9. The minimum Gasteiger partial charge on any atom is -0.373 e. The Kier molecular flexibility index (Phi) is 5.36. The first-order valence-corrected chi connectivity index (χ1v) is 11.3. The Bertz CT molecular complexity index is 1070. The Morgan fingerprint density at radius 1 is 1.34 bits per heavy atom. The highest BCUT2D eigenvalue weighted by Crippen LogP contribution is 2.49. The number of fused-ring (bicyclic) bond motifs is 2. The van der Waals surface area contributed by atoms with Gasteiger partial charge in [-0.2, -0.15) is 5.26 Å². The van der Waals surface area contributed by atoms with E-state index in [1.807, 2.05) is 44.2 Å². The number of benzene rings is 1. The molecule has 2 fully saturated rings. The van der Waals surface area contributed by atoms with Crippen molar-refractivity contribution in [3.05, 3.63) is 47.7 Å². The number of anilines is 3.